The number of aryl methyl sites for hydroxylation is 1. The van der Waals surface area contributed by atoms with E-state index in [1.54, 1.807) is 0 Å². The number of rotatable bonds is 2. The molecule has 0 bridgehead atoms. The Morgan fingerprint density at radius 2 is 1.65 bits per heavy atom. The van der Waals surface area contributed by atoms with E-state index in [9.17, 15) is 13.2 Å². The number of benzene rings is 1. The van der Waals surface area contributed by atoms with Crippen molar-refractivity contribution in [2.75, 3.05) is 36.0 Å². The second-order valence-corrected chi connectivity index (χ2v) is 5.57. The highest BCUT2D eigenvalue weighted by Crippen LogP contribution is 2.29. The van der Waals surface area contributed by atoms with Crippen molar-refractivity contribution in [2.24, 2.45) is 0 Å². The first-order valence-electron chi connectivity index (χ1n) is 7.39. The molecule has 0 radical (unpaired) electrons. The first-order chi connectivity index (χ1) is 10.9. The fourth-order valence-electron chi connectivity index (χ4n) is 2.69. The largest absolute Gasteiger partial charge is 0.433 e. The van der Waals surface area contributed by atoms with Gasteiger partial charge < -0.3 is 9.80 Å². The quantitative estimate of drug-likeness (QED) is 0.850. The van der Waals surface area contributed by atoms with Crippen LogP contribution in [0.25, 0.3) is 0 Å². The molecule has 122 valence electrons. The third kappa shape index (κ3) is 3.55. The van der Waals surface area contributed by atoms with E-state index in [0.717, 1.165) is 31.2 Å². The van der Waals surface area contributed by atoms with Crippen LogP contribution in [0, 0.1) is 6.92 Å². The van der Waals surface area contributed by atoms with Crippen LogP contribution in [0.2, 0.25) is 0 Å². The Morgan fingerprint density at radius 1 is 0.957 bits per heavy atom. The Balaban J connectivity index is 1.70. The monoisotopic (exact) mass is 322 g/mol. The fraction of sp³-hybridized carbons (Fsp3) is 0.375. The molecule has 1 aliphatic heterocycles. The number of hydrogen-bond acceptors (Lipinski definition) is 4. The van der Waals surface area contributed by atoms with Gasteiger partial charge in [-0.25, -0.2) is 9.97 Å². The second-order valence-electron chi connectivity index (χ2n) is 5.57. The van der Waals surface area contributed by atoms with Crippen LogP contribution in [-0.2, 0) is 6.18 Å². The van der Waals surface area contributed by atoms with Crippen molar-refractivity contribution in [1.29, 1.82) is 0 Å². The van der Waals surface area contributed by atoms with Gasteiger partial charge in [0, 0.05) is 37.9 Å². The van der Waals surface area contributed by atoms with Crippen LogP contribution in [-0.4, -0.2) is 36.1 Å². The molecular weight excluding hydrogens is 305 g/mol. The molecule has 0 atom stereocenters. The van der Waals surface area contributed by atoms with E-state index in [4.69, 9.17) is 0 Å². The topological polar surface area (TPSA) is 32.3 Å². The maximum atomic E-state index is 12.7. The Morgan fingerprint density at radius 3 is 2.30 bits per heavy atom. The molecule has 4 nitrogen and oxygen atoms in total. The van der Waals surface area contributed by atoms with Crippen molar-refractivity contribution in [2.45, 2.75) is 13.1 Å². The van der Waals surface area contributed by atoms with Crippen molar-refractivity contribution in [3.63, 3.8) is 0 Å². The number of anilines is 2. The van der Waals surface area contributed by atoms with Gasteiger partial charge in [-0.05, 0) is 24.6 Å². The van der Waals surface area contributed by atoms with Crippen LogP contribution >= 0.6 is 0 Å². The van der Waals surface area contributed by atoms with Gasteiger partial charge in [0.25, 0.3) is 0 Å². The highest BCUT2D eigenvalue weighted by Gasteiger charge is 2.33. The van der Waals surface area contributed by atoms with Crippen LogP contribution in [0.3, 0.4) is 0 Å². The van der Waals surface area contributed by atoms with Gasteiger partial charge in [0.1, 0.15) is 17.8 Å². The summed E-state index contributed by atoms with van der Waals surface area (Å²) in [5, 5.41) is 0. The first kappa shape index (κ1) is 15.6. The third-order valence-electron chi connectivity index (χ3n) is 3.91. The van der Waals surface area contributed by atoms with Crippen LogP contribution in [0.4, 0.5) is 24.7 Å². The maximum absolute atomic E-state index is 12.7. The molecule has 1 aromatic heterocycles. The molecule has 0 spiro atoms. The minimum absolute atomic E-state index is 0.330. The smallest absolute Gasteiger partial charge is 0.368 e. The maximum Gasteiger partial charge on any atom is 0.433 e. The Bertz CT molecular complexity index is 679. The van der Waals surface area contributed by atoms with Gasteiger partial charge in [0.05, 0.1) is 0 Å². The third-order valence-corrected chi connectivity index (χ3v) is 3.91. The molecule has 23 heavy (non-hydrogen) atoms. The molecule has 1 fully saturated rings. The SMILES string of the molecule is Cc1cccc(N2CCN(c3cc(C(F)(F)F)ncn3)CC2)c1. The molecule has 0 saturated carbocycles. The summed E-state index contributed by atoms with van der Waals surface area (Å²) in [6, 6.07) is 9.23. The summed E-state index contributed by atoms with van der Waals surface area (Å²) < 4.78 is 38.2. The predicted octanol–water partition coefficient (Wildman–Crippen LogP) is 3.13. The summed E-state index contributed by atoms with van der Waals surface area (Å²) in [6.45, 7) is 4.79. The lowest BCUT2D eigenvalue weighted by atomic mass is 10.2. The summed E-state index contributed by atoms with van der Waals surface area (Å²) in [4.78, 5) is 11.4. The summed E-state index contributed by atoms with van der Waals surface area (Å²) in [6.07, 6.45) is -3.47. The van der Waals surface area contributed by atoms with Crippen molar-refractivity contribution >= 4 is 11.5 Å². The zero-order valence-electron chi connectivity index (χ0n) is 12.7. The molecule has 0 aliphatic carbocycles. The Labute approximate surface area is 132 Å². The predicted molar refractivity (Wildman–Crippen MR) is 82.6 cm³/mol. The molecule has 2 heterocycles. The molecule has 1 saturated heterocycles. The summed E-state index contributed by atoms with van der Waals surface area (Å²) in [5.74, 6) is 0.330. The van der Waals surface area contributed by atoms with Crippen LogP contribution < -0.4 is 9.80 Å². The van der Waals surface area contributed by atoms with Crippen molar-refractivity contribution in [3.8, 4) is 0 Å². The van der Waals surface area contributed by atoms with E-state index in [2.05, 4.69) is 27.0 Å². The molecule has 1 aliphatic rings. The van der Waals surface area contributed by atoms with Gasteiger partial charge in [0.15, 0.2) is 0 Å². The summed E-state index contributed by atoms with van der Waals surface area (Å²) in [7, 11) is 0. The Kier molecular flexibility index (Phi) is 4.11. The van der Waals surface area contributed by atoms with Crippen molar-refractivity contribution < 1.29 is 13.2 Å². The van der Waals surface area contributed by atoms with E-state index in [1.165, 1.54) is 5.56 Å². The molecule has 0 amide bonds. The molecule has 1 aromatic carbocycles. The van der Waals surface area contributed by atoms with Crippen LogP contribution in [0.1, 0.15) is 11.3 Å². The lowest BCUT2D eigenvalue weighted by molar-refractivity contribution is -0.141. The van der Waals surface area contributed by atoms with E-state index in [-0.39, 0.29) is 0 Å². The van der Waals surface area contributed by atoms with Gasteiger partial charge in [-0.3, -0.25) is 0 Å². The average molecular weight is 322 g/mol. The number of halogens is 3. The molecule has 0 unspecified atom stereocenters. The molecule has 0 N–H and O–H groups in total. The molecular formula is C16H17F3N4. The van der Waals surface area contributed by atoms with Gasteiger partial charge in [-0.1, -0.05) is 12.1 Å². The Hall–Kier alpha value is -2.31. The number of aromatic nitrogens is 2. The van der Waals surface area contributed by atoms with E-state index >= 15 is 0 Å². The van der Waals surface area contributed by atoms with E-state index in [1.807, 2.05) is 24.0 Å². The normalized spacial score (nSPS) is 15.8. The number of piperazine rings is 1. The lowest BCUT2D eigenvalue weighted by Crippen LogP contribution is -2.47. The summed E-state index contributed by atoms with van der Waals surface area (Å²) >= 11 is 0. The van der Waals surface area contributed by atoms with Crippen molar-refractivity contribution in [1.82, 2.24) is 9.97 Å². The standard InChI is InChI=1S/C16H17F3N4/c1-12-3-2-4-13(9-12)22-5-7-23(8-6-22)15-10-14(16(17,18)19)20-11-21-15/h2-4,9-11H,5-8H2,1H3. The van der Waals surface area contributed by atoms with Crippen LogP contribution in [0.15, 0.2) is 36.7 Å². The zero-order valence-corrected chi connectivity index (χ0v) is 12.7. The average Bonchev–Trinajstić information content (AvgIpc) is 2.54. The first-order valence-corrected chi connectivity index (χ1v) is 7.39. The fourth-order valence-corrected chi connectivity index (χ4v) is 2.69. The van der Waals surface area contributed by atoms with E-state index < -0.39 is 11.9 Å². The van der Waals surface area contributed by atoms with Crippen LogP contribution in [0.5, 0.6) is 0 Å². The number of alkyl halides is 3. The second kappa shape index (κ2) is 6.06. The number of hydrogen-bond donors (Lipinski definition) is 0. The van der Waals surface area contributed by atoms with E-state index in [0.29, 0.717) is 18.9 Å². The number of nitrogens with zero attached hydrogens (tertiary/aromatic N) is 4. The molecule has 7 heteroatoms. The minimum Gasteiger partial charge on any atom is -0.368 e. The van der Waals surface area contributed by atoms with Gasteiger partial charge in [-0.15, -0.1) is 0 Å². The molecule has 2 aromatic rings. The zero-order chi connectivity index (χ0) is 16.4. The lowest BCUT2D eigenvalue weighted by Gasteiger charge is -2.36. The summed E-state index contributed by atoms with van der Waals surface area (Å²) in [5.41, 5.74) is 1.43. The van der Waals surface area contributed by atoms with Gasteiger partial charge in [0.2, 0.25) is 0 Å². The van der Waals surface area contributed by atoms with Crippen molar-refractivity contribution in [3.05, 3.63) is 47.9 Å². The molecule has 3 rings (SSSR count). The van der Waals surface area contributed by atoms with Gasteiger partial charge in [-0.2, -0.15) is 13.2 Å². The minimum atomic E-state index is -4.44. The highest BCUT2D eigenvalue weighted by atomic mass is 19.4. The van der Waals surface area contributed by atoms with Gasteiger partial charge >= 0.3 is 6.18 Å². The highest BCUT2D eigenvalue weighted by molar-refractivity contribution is 5.51.